The van der Waals surface area contributed by atoms with Crippen molar-refractivity contribution < 1.29 is 9.21 Å². The van der Waals surface area contributed by atoms with E-state index >= 15 is 0 Å². The van der Waals surface area contributed by atoms with E-state index in [-0.39, 0.29) is 11.3 Å². The minimum Gasteiger partial charge on any atom is -0.430 e. The highest BCUT2D eigenvalue weighted by molar-refractivity contribution is 5.93. The summed E-state index contributed by atoms with van der Waals surface area (Å²) in [6.45, 7) is 4.81. The molecule has 0 aromatic carbocycles. The Kier molecular flexibility index (Phi) is 3.81. The first-order valence-electron chi connectivity index (χ1n) is 6.17. The van der Waals surface area contributed by atoms with Crippen molar-refractivity contribution in [1.82, 2.24) is 10.6 Å². The van der Waals surface area contributed by atoms with E-state index in [4.69, 9.17) is 0 Å². The molecule has 18 heavy (non-hydrogen) atoms. The highest BCUT2D eigenvalue weighted by Crippen LogP contribution is 2.26. The van der Waals surface area contributed by atoms with Crippen LogP contribution >= 0.6 is 0 Å². The SMILES string of the molecule is CC1(CNC(=O)c2ccc(=O)oc2)CCNCC1. The monoisotopic (exact) mass is 250 g/mol. The number of carbonyl (C=O) groups is 1. The molecule has 1 aliphatic rings. The predicted molar refractivity (Wildman–Crippen MR) is 67.5 cm³/mol. The summed E-state index contributed by atoms with van der Waals surface area (Å²) in [5, 5.41) is 6.20. The van der Waals surface area contributed by atoms with Crippen LogP contribution in [0.5, 0.6) is 0 Å². The van der Waals surface area contributed by atoms with Crippen LogP contribution in [0, 0.1) is 5.41 Å². The lowest BCUT2D eigenvalue weighted by molar-refractivity contribution is 0.0920. The number of nitrogens with one attached hydrogen (secondary N) is 2. The molecule has 1 aliphatic heterocycles. The molecular formula is C13H18N2O3. The van der Waals surface area contributed by atoms with Gasteiger partial charge in [0.2, 0.25) is 0 Å². The third-order valence-corrected chi connectivity index (χ3v) is 3.45. The lowest BCUT2D eigenvalue weighted by Crippen LogP contribution is -2.42. The first-order valence-corrected chi connectivity index (χ1v) is 6.17. The van der Waals surface area contributed by atoms with E-state index in [1.54, 1.807) is 0 Å². The second kappa shape index (κ2) is 5.35. The number of carbonyl (C=O) groups excluding carboxylic acids is 1. The van der Waals surface area contributed by atoms with Crippen LogP contribution in [-0.4, -0.2) is 25.5 Å². The molecule has 2 rings (SSSR count). The minimum atomic E-state index is -0.447. The Labute approximate surface area is 106 Å². The number of rotatable bonds is 3. The lowest BCUT2D eigenvalue weighted by atomic mass is 9.81. The van der Waals surface area contributed by atoms with Crippen molar-refractivity contribution in [2.75, 3.05) is 19.6 Å². The third kappa shape index (κ3) is 3.20. The van der Waals surface area contributed by atoms with E-state index in [9.17, 15) is 9.59 Å². The summed E-state index contributed by atoms with van der Waals surface area (Å²) in [6.07, 6.45) is 3.30. The smallest absolute Gasteiger partial charge is 0.335 e. The van der Waals surface area contributed by atoms with Crippen LogP contribution in [0.15, 0.2) is 27.6 Å². The van der Waals surface area contributed by atoms with E-state index in [1.165, 1.54) is 18.4 Å². The van der Waals surface area contributed by atoms with E-state index in [1.807, 2.05) is 0 Å². The van der Waals surface area contributed by atoms with Gasteiger partial charge in [0, 0.05) is 12.6 Å². The fourth-order valence-electron chi connectivity index (χ4n) is 2.09. The molecule has 2 heterocycles. The zero-order chi connectivity index (χ0) is 13.0. The molecule has 5 heteroatoms. The van der Waals surface area contributed by atoms with Crippen LogP contribution in [-0.2, 0) is 0 Å². The van der Waals surface area contributed by atoms with Gasteiger partial charge < -0.3 is 15.1 Å². The molecular weight excluding hydrogens is 232 g/mol. The summed E-state index contributed by atoms with van der Waals surface area (Å²) in [5.41, 5.74) is 0.0836. The van der Waals surface area contributed by atoms with Crippen molar-refractivity contribution in [3.63, 3.8) is 0 Å². The van der Waals surface area contributed by atoms with E-state index in [2.05, 4.69) is 22.0 Å². The van der Waals surface area contributed by atoms with Crippen LogP contribution in [0.1, 0.15) is 30.1 Å². The fraction of sp³-hybridized carbons (Fsp3) is 0.538. The Hall–Kier alpha value is -1.62. The molecule has 0 radical (unpaired) electrons. The van der Waals surface area contributed by atoms with Gasteiger partial charge in [-0.15, -0.1) is 0 Å². The van der Waals surface area contributed by atoms with Gasteiger partial charge >= 0.3 is 5.63 Å². The molecule has 5 nitrogen and oxygen atoms in total. The van der Waals surface area contributed by atoms with Crippen molar-refractivity contribution in [3.05, 3.63) is 34.4 Å². The molecule has 2 N–H and O–H groups in total. The Morgan fingerprint density at radius 1 is 1.44 bits per heavy atom. The predicted octanol–water partition coefficient (Wildman–Crippen LogP) is 0.759. The Bertz CT molecular complexity index is 455. The molecule has 0 bridgehead atoms. The van der Waals surface area contributed by atoms with Crippen LogP contribution in [0.4, 0.5) is 0 Å². The average Bonchev–Trinajstić information content (AvgIpc) is 2.38. The van der Waals surface area contributed by atoms with E-state index in [0.29, 0.717) is 12.1 Å². The highest BCUT2D eigenvalue weighted by atomic mass is 16.4. The summed E-state index contributed by atoms with van der Waals surface area (Å²) in [4.78, 5) is 22.6. The Morgan fingerprint density at radius 3 is 2.78 bits per heavy atom. The summed E-state index contributed by atoms with van der Waals surface area (Å²) in [6, 6.07) is 2.73. The largest absolute Gasteiger partial charge is 0.430 e. The third-order valence-electron chi connectivity index (χ3n) is 3.45. The summed E-state index contributed by atoms with van der Waals surface area (Å²) in [5.74, 6) is -0.196. The number of hydrogen-bond donors (Lipinski definition) is 2. The number of amides is 1. The van der Waals surface area contributed by atoms with Crippen LogP contribution < -0.4 is 16.3 Å². The molecule has 1 aromatic heterocycles. The highest BCUT2D eigenvalue weighted by Gasteiger charge is 2.27. The number of hydrogen-bond acceptors (Lipinski definition) is 4. The van der Waals surface area contributed by atoms with Gasteiger partial charge in [-0.1, -0.05) is 6.92 Å². The quantitative estimate of drug-likeness (QED) is 0.830. The van der Waals surface area contributed by atoms with Gasteiger partial charge in [-0.3, -0.25) is 4.79 Å². The summed E-state index contributed by atoms with van der Waals surface area (Å²) < 4.78 is 4.67. The maximum Gasteiger partial charge on any atom is 0.335 e. The standard InChI is InChI=1S/C13H18N2O3/c1-13(4-6-14-7-5-13)9-15-12(17)10-2-3-11(16)18-8-10/h2-3,8,14H,4-7,9H2,1H3,(H,15,17). The van der Waals surface area contributed by atoms with Gasteiger partial charge in [-0.05, 0) is 37.4 Å². The normalized spacial score (nSPS) is 18.3. The zero-order valence-electron chi connectivity index (χ0n) is 10.5. The molecule has 0 atom stereocenters. The van der Waals surface area contributed by atoms with Gasteiger partial charge in [0.25, 0.3) is 5.91 Å². The maximum absolute atomic E-state index is 11.9. The second-order valence-electron chi connectivity index (χ2n) is 5.09. The fourth-order valence-corrected chi connectivity index (χ4v) is 2.09. The van der Waals surface area contributed by atoms with Gasteiger partial charge in [-0.25, -0.2) is 4.79 Å². The molecule has 0 spiro atoms. The molecule has 98 valence electrons. The first kappa shape index (κ1) is 12.8. The van der Waals surface area contributed by atoms with Crippen LogP contribution in [0.3, 0.4) is 0 Å². The van der Waals surface area contributed by atoms with Crippen molar-refractivity contribution in [3.8, 4) is 0 Å². The molecule has 1 aromatic rings. The van der Waals surface area contributed by atoms with Crippen molar-refractivity contribution in [2.45, 2.75) is 19.8 Å². The molecule has 1 fully saturated rings. The van der Waals surface area contributed by atoms with Gasteiger partial charge in [0.05, 0.1) is 5.56 Å². The van der Waals surface area contributed by atoms with Crippen molar-refractivity contribution >= 4 is 5.91 Å². The first-order chi connectivity index (χ1) is 8.59. The molecule has 0 aliphatic carbocycles. The van der Waals surface area contributed by atoms with Crippen LogP contribution in [0.2, 0.25) is 0 Å². The van der Waals surface area contributed by atoms with Crippen LogP contribution in [0.25, 0.3) is 0 Å². The summed E-state index contributed by atoms with van der Waals surface area (Å²) >= 11 is 0. The zero-order valence-corrected chi connectivity index (χ0v) is 10.5. The lowest BCUT2D eigenvalue weighted by Gasteiger charge is -2.34. The van der Waals surface area contributed by atoms with E-state index in [0.717, 1.165) is 25.9 Å². The molecule has 0 saturated carbocycles. The second-order valence-corrected chi connectivity index (χ2v) is 5.09. The molecule has 0 unspecified atom stereocenters. The van der Waals surface area contributed by atoms with Gasteiger partial charge in [-0.2, -0.15) is 0 Å². The van der Waals surface area contributed by atoms with Gasteiger partial charge in [0.1, 0.15) is 6.26 Å². The minimum absolute atomic E-state index is 0.149. The Morgan fingerprint density at radius 2 is 2.17 bits per heavy atom. The average molecular weight is 250 g/mol. The summed E-state index contributed by atoms with van der Waals surface area (Å²) in [7, 11) is 0. The number of piperidine rings is 1. The molecule has 1 saturated heterocycles. The molecule has 1 amide bonds. The topological polar surface area (TPSA) is 71.3 Å². The van der Waals surface area contributed by atoms with Crippen molar-refractivity contribution in [2.24, 2.45) is 5.41 Å². The van der Waals surface area contributed by atoms with Gasteiger partial charge in [0.15, 0.2) is 0 Å². The Balaban J connectivity index is 1.91. The maximum atomic E-state index is 11.9. The van der Waals surface area contributed by atoms with Crippen molar-refractivity contribution in [1.29, 1.82) is 0 Å². The van der Waals surface area contributed by atoms with E-state index < -0.39 is 5.63 Å².